The van der Waals surface area contributed by atoms with Crippen LogP contribution in [0.4, 0.5) is 17.1 Å². The maximum Gasteiger partial charge on any atom is 0.354 e. The van der Waals surface area contributed by atoms with Gasteiger partial charge >= 0.3 is 5.97 Å². The number of unbranched alkanes of at least 4 members (excludes halogenated alkanes) is 2. The summed E-state index contributed by atoms with van der Waals surface area (Å²) < 4.78 is 11.2. The van der Waals surface area contributed by atoms with Crippen molar-refractivity contribution in [3.8, 4) is 0 Å². The fourth-order valence-electron chi connectivity index (χ4n) is 5.11. The Labute approximate surface area is 275 Å². The van der Waals surface area contributed by atoms with E-state index in [-0.39, 0.29) is 24.0 Å². The highest BCUT2D eigenvalue weighted by molar-refractivity contribution is 9.09. The van der Waals surface area contributed by atoms with Gasteiger partial charge in [-0.05, 0) is 42.7 Å². The van der Waals surface area contributed by atoms with Gasteiger partial charge in [-0.1, -0.05) is 22.4 Å². The van der Waals surface area contributed by atoms with E-state index in [2.05, 4.69) is 31.9 Å². The molecular formula is C32H38BrN7O6. The van der Waals surface area contributed by atoms with E-state index in [1.165, 1.54) is 13.2 Å². The van der Waals surface area contributed by atoms with E-state index in [4.69, 9.17) is 4.74 Å². The second kappa shape index (κ2) is 15.0. The molecule has 0 aliphatic rings. The number of nitrogens with zero attached hydrogens (tertiary/aromatic N) is 4. The number of ether oxygens (including phenoxy) is 1. The number of halogens is 1. The molecule has 46 heavy (non-hydrogen) atoms. The van der Waals surface area contributed by atoms with Crippen LogP contribution in [0.1, 0.15) is 73.2 Å². The lowest BCUT2D eigenvalue weighted by Crippen LogP contribution is -2.15. The minimum atomic E-state index is -0.521. The molecule has 0 saturated heterocycles. The molecule has 0 aliphatic heterocycles. The van der Waals surface area contributed by atoms with Gasteiger partial charge in [-0.2, -0.15) is 0 Å². The highest BCUT2D eigenvalue weighted by atomic mass is 79.9. The smallest absolute Gasteiger partial charge is 0.354 e. The van der Waals surface area contributed by atoms with Crippen LogP contribution in [0.3, 0.4) is 0 Å². The summed E-state index contributed by atoms with van der Waals surface area (Å²) in [6.07, 6.45) is 9.85. The van der Waals surface area contributed by atoms with Crippen molar-refractivity contribution < 1.29 is 28.7 Å². The number of anilines is 3. The van der Waals surface area contributed by atoms with Crippen LogP contribution in [0.2, 0.25) is 0 Å². The zero-order valence-electron chi connectivity index (χ0n) is 26.5. The molecule has 0 atom stereocenters. The lowest BCUT2D eigenvalue weighted by Gasteiger charge is -2.03. The molecular weight excluding hydrogens is 658 g/mol. The first-order valence-corrected chi connectivity index (χ1v) is 15.8. The zero-order valence-corrected chi connectivity index (χ0v) is 28.1. The maximum absolute atomic E-state index is 13.3. The monoisotopic (exact) mass is 695 g/mol. The van der Waals surface area contributed by atoms with Crippen LogP contribution in [0.25, 0.3) is 0 Å². The van der Waals surface area contributed by atoms with Gasteiger partial charge in [-0.3, -0.25) is 19.2 Å². The van der Waals surface area contributed by atoms with Gasteiger partial charge < -0.3 is 39.0 Å². The van der Waals surface area contributed by atoms with Crippen molar-refractivity contribution >= 4 is 62.5 Å². The third-order valence-corrected chi connectivity index (χ3v) is 7.98. The third kappa shape index (κ3) is 8.24. The Morgan fingerprint density at radius 1 is 0.652 bits per heavy atom. The molecule has 14 heteroatoms. The van der Waals surface area contributed by atoms with Gasteiger partial charge in [0.15, 0.2) is 5.78 Å². The van der Waals surface area contributed by atoms with Crippen molar-refractivity contribution in [1.82, 2.24) is 18.3 Å². The number of methoxy groups -OCH3 is 1. The van der Waals surface area contributed by atoms with Crippen molar-refractivity contribution in [1.29, 1.82) is 0 Å². The standard InChI is InChI=1S/C32H38BrN7O6/c1-37-16-20(11-25(37)30(43)36-23-15-27(32(45)46-5)40(4)19-23)12-28(41)24-13-22(18-38(24)2)35-31(44)26-14-21(17-39(26)3)34-29(42)9-7-6-8-10-33/h11,13-19H,6-10,12H2,1-5H3,(H,34,42)(H,35,44)(H,36,43). The van der Waals surface area contributed by atoms with E-state index in [1.807, 2.05) is 0 Å². The molecule has 4 aromatic rings. The molecule has 4 rings (SSSR count). The quantitative estimate of drug-likeness (QED) is 0.0757. The molecule has 0 fully saturated rings. The fourth-order valence-corrected chi connectivity index (χ4v) is 5.51. The summed E-state index contributed by atoms with van der Waals surface area (Å²) in [4.78, 5) is 63.4. The summed E-state index contributed by atoms with van der Waals surface area (Å²) in [6, 6.07) is 6.37. The van der Waals surface area contributed by atoms with E-state index >= 15 is 0 Å². The number of ketones is 1. The van der Waals surface area contributed by atoms with Crippen molar-refractivity contribution in [2.75, 3.05) is 28.4 Å². The topological polar surface area (TPSA) is 150 Å². The van der Waals surface area contributed by atoms with E-state index in [1.54, 1.807) is 89.4 Å². The Kier molecular flexibility index (Phi) is 11.1. The molecule has 0 radical (unpaired) electrons. The number of aryl methyl sites for hydroxylation is 4. The molecule has 4 aromatic heterocycles. The largest absolute Gasteiger partial charge is 0.464 e. The highest BCUT2D eigenvalue weighted by Crippen LogP contribution is 2.21. The minimum absolute atomic E-state index is 0.0289. The van der Waals surface area contributed by atoms with Crippen LogP contribution in [0, 0.1) is 0 Å². The Balaban J connectivity index is 1.37. The number of hydrogen-bond acceptors (Lipinski definition) is 6. The lowest BCUT2D eigenvalue weighted by atomic mass is 10.1. The predicted molar refractivity (Wildman–Crippen MR) is 178 cm³/mol. The fraction of sp³-hybridized carbons (Fsp3) is 0.344. The Morgan fingerprint density at radius 3 is 1.76 bits per heavy atom. The van der Waals surface area contributed by atoms with Gasteiger partial charge in [0.05, 0.1) is 29.9 Å². The molecule has 4 heterocycles. The normalized spacial score (nSPS) is 10.9. The number of carbonyl (C=O) groups excluding carboxylic acids is 5. The van der Waals surface area contributed by atoms with Gasteiger partial charge in [0.25, 0.3) is 11.8 Å². The van der Waals surface area contributed by atoms with Crippen LogP contribution in [-0.2, 0) is 44.1 Å². The highest BCUT2D eigenvalue weighted by Gasteiger charge is 2.20. The van der Waals surface area contributed by atoms with Gasteiger partial charge in [-0.15, -0.1) is 0 Å². The molecule has 0 unspecified atom stereocenters. The Bertz CT molecular complexity index is 1780. The van der Waals surface area contributed by atoms with E-state index in [9.17, 15) is 24.0 Å². The summed E-state index contributed by atoms with van der Waals surface area (Å²) in [6.45, 7) is 0. The van der Waals surface area contributed by atoms with Gasteiger partial charge in [0.1, 0.15) is 17.1 Å². The van der Waals surface area contributed by atoms with Crippen molar-refractivity contribution in [3.63, 3.8) is 0 Å². The molecule has 0 spiro atoms. The summed E-state index contributed by atoms with van der Waals surface area (Å²) in [5, 5.41) is 9.34. The predicted octanol–water partition coefficient (Wildman–Crippen LogP) is 4.65. The van der Waals surface area contributed by atoms with Crippen LogP contribution >= 0.6 is 15.9 Å². The number of aromatic nitrogens is 4. The molecule has 0 saturated carbocycles. The molecule has 0 aromatic carbocycles. The van der Waals surface area contributed by atoms with Gasteiger partial charge in [0, 0.05) is 71.1 Å². The first-order valence-electron chi connectivity index (χ1n) is 14.6. The number of Topliss-reactive ketones (excluding diaryl/α,β-unsaturated/α-hetero) is 1. The Hall–Kier alpha value is -4.85. The summed E-state index contributed by atoms with van der Waals surface area (Å²) in [5.74, 6) is -1.62. The summed E-state index contributed by atoms with van der Waals surface area (Å²) in [5.41, 5.74) is 3.39. The second-order valence-corrected chi connectivity index (χ2v) is 11.9. The number of carbonyl (C=O) groups is 5. The average molecular weight is 697 g/mol. The number of hydrogen-bond donors (Lipinski definition) is 3. The summed E-state index contributed by atoms with van der Waals surface area (Å²) in [7, 11) is 8.09. The SMILES string of the molecule is COC(=O)c1cc(NC(=O)c2cc(CC(=O)c3cc(NC(=O)c4cc(NC(=O)CCCCCBr)cn4C)cn3C)cn2C)cn1C. The number of esters is 1. The average Bonchev–Trinajstić information content (AvgIpc) is 3.76. The minimum Gasteiger partial charge on any atom is -0.464 e. The lowest BCUT2D eigenvalue weighted by molar-refractivity contribution is -0.116. The first-order chi connectivity index (χ1) is 21.9. The second-order valence-electron chi connectivity index (χ2n) is 11.1. The molecule has 244 valence electrons. The summed E-state index contributed by atoms with van der Waals surface area (Å²) >= 11 is 3.38. The van der Waals surface area contributed by atoms with Crippen LogP contribution < -0.4 is 16.0 Å². The molecule has 0 bridgehead atoms. The van der Waals surface area contributed by atoms with E-state index in [0.29, 0.717) is 51.8 Å². The molecule has 3 amide bonds. The van der Waals surface area contributed by atoms with Gasteiger partial charge in [0.2, 0.25) is 5.91 Å². The van der Waals surface area contributed by atoms with Crippen LogP contribution in [0.5, 0.6) is 0 Å². The first kappa shape index (κ1) is 34.0. The number of amides is 3. The van der Waals surface area contributed by atoms with Crippen molar-refractivity contribution in [3.05, 3.63) is 77.4 Å². The maximum atomic E-state index is 13.3. The number of rotatable bonds is 14. The zero-order chi connectivity index (χ0) is 33.5. The molecule has 13 nitrogen and oxygen atoms in total. The third-order valence-electron chi connectivity index (χ3n) is 7.42. The van der Waals surface area contributed by atoms with Crippen molar-refractivity contribution in [2.45, 2.75) is 32.1 Å². The van der Waals surface area contributed by atoms with Gasteiger partial charge in [-0.25, -0.2) is 4.79 Å². The van der Waals surface area contributed by atoms with Crippen molar-refractivity contribution in [2.24, 2.45) is 28.2 Å². The Morgan fingerprint density at radius 2 is 1.15 bits per heavy atom. The van der Waals surface area contributed by atoms with Crippen LogP contribution in [-0.4, -0.2) is 60.2 Å². The van der Waals surface area contributed by atoms with E-state index in [0.717, 1.165) is 24.6 Å². The van der Waals surface area contributed by atoms with E-state index < -0.39 is 11.9 Å². The molecule has 0 aliphatic carbocycles. The number of nitrogens with one attached hydrogen (secondary N) is 3. The molecule has 3 N–H and O–H groups in total. The van der Waals surface area contributed by atoms with Crippen LogP contribution in [0.15, 0.2) is 49.1 Å². The number of alkyl halides is 1.